The number of hydrogen-bond donors (Lipinski definition) is 2. The Morgan fingerprint density at radius 1 is 1.29 bits per heavy atom. The lowest BCUT2D eigenvalue weighted by molar-refractivity contribution is -0.118. The van der Waals surface area contributed by atoms with Crippen LogP contribution in [0.25, 0.3) is 0 Å². The van der Waals surface area contributed by atoms with E-state index in [2.05, 4.69) is 37.7 Å². The number of H-pyrrole nitrogens is 1. The number of aromatic amines is 1. The first-order valence-corrected chi connectivity index (χ1v) is 10.5. The third-order valence-electron chi connectivity index (χ3n) is 4.95. The van der Waals surface area contributed by atoms with Crippen molar-refractivity contribution in [2.24, 2.45) is 0 Å². The van der Waals surface area contributed by atoms with Gasteiger partial charge in [0.1, 0.15) is 5.82 Å². The fraction of sp³-hybridized carbons (Fsp3) is 0.400. The molecule has 0 spiro atoms. The largest absolute Gasteiger partial charge is 0.351 e. The lowest BCUT2D eigenvalue weighted by atomic mass is 10.2. The number of carbonyl (C=O) groups excluding carboxylic acids is 1. The number of benzene rings is 1. The molecule has 146 valence electrons. The van der Waals surface area contributed by atoms with Crippen LogP contribution in [0.2, 0.25) is 0 Å². The summed E-state index contributed by atoms with van der Waals surface area (Å²) in [5, 5.41) is 15.4. The molecule has 28 heavy (non-hydrogen) atoms. The molecule has 2 N–H and O–H groups in total. The zero-order valence-electron chi connectivity index (χ0n) is 16.1. The molecule has 0 radical (unpaired) electrons. The fourth-order valence-electron chi connectivity index (χ4n) is 3.13. The van der Waals surface area contributed by atoms with E-state index in [0.29, 0.717) is 23.4 Å². The number of amides is 1. The minimum absolute atomic E-state index is 0.0302. The summed E-state index contributed by atoms with van der Waals surface area (Å²) in [6.07, 6.45) is 2.35. The summed E-state index contributed by atoms with van der Waals surface area (Å²) in [7, 11) is 0. The second-order valence-electron chi connectivity index (χ2n) is 7.14. The first-order valence-electron chi connectivity index (χ1n) is 9.48. The molecule has 4 rings (SSSR count). The monoisotopic (exact) mass is 396 g/mol. The average Bonchev–Trinajstić information content (AvgIpc) is 3.38. The topological polar surface area (TPSA) is 88.5 Å². The molecule has 0 bridgehead atoms. The summed E-state index contributed by atoms with van der Waals surface area (Å²) in [5.41, 5.74) is 4.31. The quantitative estimate of drug-likeness (QED) is 0.572. The molecule has 1 aliphatic carbocycles. The average molecular weight is 397 g/mol. The number of nitrogens with one attached hydrogen (secondary N) is 2. The number of hydrogen-bond acceptors (Lipinski definition) is 5. The van der Waals surface area contributed by atoms with Crippen LogP contribution in [-0.2, 0) is 17.9 Å². The number of thioether (sulfide) groups is 1. The van der Waals surface area contributed by atoms with Gasteiger partial charge in [-0.25, -0.2) is 4.98 Å². The van der Waals surface area contributed by atoms with E-state index in [1.165, 1.54) is 30.2 Å². The Kier molecular flexibility index (Phi) is 5.47. The minimum atomic E-state index is -0.0302. The van der Waals surface area contributed by atoms with E-state index < -0.39 is 0 Å². The molecule has 0 saturated heterocycles. The van der Waals surface area contributed by atoms with Crippen LogP contribution >= 0.6 is 11.8 Å². The normalized spacial score (nSPS) is 13.6. The van der Waals surface area contributed by atoms with Crippen molar-refractivity contribution < 1.29 is 4.79 Å². The van der Waals surface area contributed by atoms with Crippen LogP contribution < -0.4 is 5.32 Å². The highest BCUT2D eigenvalue weighted by Gasteiger charge is 2.27. The summed E-state index contributed by atoms with van der Waals surface area (Å²) in [6.45, 7) is 5.24. The molecule has 7 nitrogen and oxygen atoms in total. The lowest BCUT2D eigenvalue weighted by Gasteiger charge is -2.07. The van der Waals surface area contributed by atoms with E-state index in [4.69, 9.17) is 0 Å². The van der Waals surface area contributed by atoms with E-state index >= 15 is 0 Å². The maximum Gasteiger partial charge on any atom is 0.230 e. The third-order valence-corrected chi connectivity index (χ3v) is 5.79. The number of aryl methyl sites for hydroxylation is 1. The third kappa shape index (κ3) is 4.44. The molecule has 2 aromatic heterocycles. The Morgan fingerprint density at radius 2 is 2.07 bits per heavy atom. The molecule has 8 heteroatoms. The van der Waals surface area contributed by atoms with Gasteiger partial charge in [-0.2, -0.15) is 5.10 Å². The fourth-order valence-corrected chi connectivity index (χ4v) is 3.77. The molecule has 1 amide bonds. The van der Waals surface area contributed by atoms with Crippen LogP contribution in [0, 0.1) is 13.8 Å². The number of aromatic nitrogens is 5. The molecule has 0 aliphatic heterocycles. The van der Waals surface area contributed by atoms with Crippen molar-refractivity contribution in [3.63, 3.8) is 0 Å². The molecule has 1 aromatic carbocycles. The molecule has 2 heterocycles. The lowest BCUT2D eigenvalue weighted by Crippen LogP contribution is -2.25. The van der Waals surface area contributed by atoms with Crippen molar-refractivity contribution >= 4 is 17.7 Å². The summed E-state index contributed by atoms with van der Waals surface area (Å²) in [6, 6.07) is 10.2. The van der Waals surface area contributed by atoms with Gasteiger partial charge < -0.3 is 5.32 Å². The standard InChI is InChI=1S/C20H24N6OS/c1-13-17(14(2)26(25-13)11-15-6-4-3-5-7-15)10-21-18(27)12-28-20-22-19(23-24-20)16-8-9-16/h3-7,16H,8-12H2,1-2H3,(H,21,27)(H,22,23,24). The van der Waals surface area contributed by atoms with E-state index in [1.54, 1.807) is 0 Å². The predicted octanol–water partition coefficient (Wildman–Crippen LogP) is 2.95. The Labute approximate surface area is 168 Å². The first kappa shape index (κ1) is 18.7. The molecule has 3 aromatic rings. The Balaban J connectivity index is 1.30. The highest BCUT2D eigenvalue weighted by atomic mass is 32.2. The molecular formula is C20H24N6OS. The number of nitrogens with zero attached hydrogens (tertiary/aromatic N) is 4. The van der Waals surface area contributed by atoms with Crippen LogP contribution in [0.3, 0.4) is 0 Å². The van der Waals surface area contributed by atoms with Gasteiger partial charge in [0.15, 0.2) is 0 Å². The number of carbonyl (C=O) groups is 1. The van der Waals surface area contributed by atoms with Gasteiger partial charge in [-0.3, -0.25) is 14.6 Å². The van der Waals surface area contributed by atoms with Crippen LogP contribution in [0.15, 0.2) is 35.5 Å². The smallest absolute Gasteiger partial charge is 0.230 e. The van der Waals surface area contributed by atoms with Crippen molar-refractivity contribution in [2.45, 2.75) is 50.9 Å². The minimum Gasteiger partial charge on any atom is -0.351 e. The zero-order chi connectivity index (χ0) is 19.5. The highest BCUT2D eigenvalue weighted by molar-refractivity contribution is 7.99. The second kappa shape index (κ2) is 8.18. The molecule has 1 fully saturated rings. The molecule has 1 saturated carbocycles. The SMILES string of the molecule is Cc1nn(Cc2ccccc2)c(C)c1CNC(=O)CSc1n[nH]c(C2CC2)n1. The van der Waals surface area contributed by atoms with Gasteiger partial charge in [0.05, 0.1) is 18.0 Å². The molecular weight excluding hydrogens is 372 g/mol. The Hall–Kier alpha value is -2.61. The first-order chi connectivity index (χ1) is 13.6. The van der Waals surface area contributed by atoms with Crippen molar-refractivity contribution in [1.29, 1.82) is 0 Å². The van der Waals surface area contributed by atoms with Gasteiger partial charge in [0.25, 0.3) is 0 Å². The van der Waals surface area contributed by atoms with Crippen LogP contribution in [0.4, 0.5) is 0 Å². The highest BCUT2D eigenvalue weighted by Crippen LogP contribution is 2.38. The van der Waals surface area contributed by atoms with Gasteiger partial charge in [0, 0.05) is 23.7 Å². The van der Waals surface area contributed by atoms with Crippen LogP contribution in [-0.4, -0.2) is 36.6 Å². The van der Waals surface area contributed by atoms with E-state index in [0.717, 1.165) is 29.3 Å². The van der Waals surface area contributed by atoms with Crippen LogP contribution in [0.1, 0.15) is 47.1 Å². The van der Waals surface area contributed by atoms with Crippen LogP contribution in [0.5, 0.6) is 0 Å². The van der Waals surface area contributed by atoms with Crippen molar-refractivity contribution in [3.8, 4) is 0 Å². The molecule has 0 atom stereocenters. The van der Waals surface area contributed by atoms with Crippen molar-refractivity contribution in [3.05, 3.63) is 58.7 Å². The maximum absolute atomic E-state index is 12.2. The Bertz CT molecular complexity index is 960. The predicted molar refractivity (Wildman–Crippen MR) is 108 cm³/mol. The summed E-state index contributed by atoms with van der Waals surface area (Å²) >= 11 is 1.36. The van der Waals surface area contributed by atoms with Gasteiger partial charge >= 0.3 is 0 Å². The number of rotatable bonds is 8. The van der Waals surface area contributed by atoms with E-state index in [9.17, 15) is 4.79 Å². The van der Waals surface area contributed by atoms with E-state index in [-0.39, 0.29) is 5.91 Å². The molecule has 0 unspecified atom stereocenters. The van der Waals surface area contributed by atoms with E-state index in [1.807, 2.05) is 36.7 Å². The second-order valence-corrected chi connectivity index (χ2v) is 8.08. The summed E-state index contributed by atoms with van der Waals surface area (Å²) in [5.74, 6) is 1.75. The maximum atomic E-state index is 12.2. The van der Waals surface area contributed by atoms with Crippen molar-refractivity contribution in [2.75, 3.05) is 5.75 Å². The van der Waals surface area contributed by atoms with Gasteiger partial charge in [-0.1, -0.05) is 42.1 Å². The summed E-state index contributed by atoms with van der Waals surface area (Å²) < 4.78 is 1.99. The van der Waals surface area contributed by atoms with Crippen molar-refractivity contribution in [1.82, 2.24) is 30.3 Å². The van der Waals surface area contributed by atoms with Gasteiger partial charge in [-0.15, -0.1) is 5.10 Å². The zero-order valence-corrected chi connectivity index (χ0v) is 16.9. The summed E-state index contributed by atoms with van der Waals surface area (Å²) in [4.78, 5) is 16.7. The van der Waals surface area contributed by atoms with Gasteiger partial charge in [-0.05, 0) is 32.3 Å². The Morgan fingerprint density at radius 3 is 2.82 bits per heavy atom. The van der Waals surface area contributed by atoms with Gasteiger partial charge in [0.2, 0.25) is 11.1 Å². The molecule has 1 aliphatic rings.